The van der Waals surface area contributed by atoms with Gasteiger partial charge in [0.25, 0.3) is 5.91 Å². The van der Waals surface area contributed by atoms with Crippen LogP contribution in [0, 0.1) is 0 Å². The smallest absolute Gasteiger partial charge is 0.255 e. The van der Waals surface area contributed by atoms with Crippen LogP contribution in [0.25, 0.3) is 0 Å². The lowest BCUT2D eigenvalue weighted by molar-refractivity contribution is 0.102. The third kappa shape index (κ3) is 4.33. The number of aliphatic hydroxyl groups is 1. The summed E-state index contributed by atoms with van der Waals surface area (Å²) in [5.74, 6) is 0.505. The van der Waals surface area contributed by atoms with E-state index < -0.39 is 6.10 Å². The van der Waals surface area contributed by atoms with E-state index in [1.807, 2.05) is 13.0 Å². The molecule has 0 unspecified atom stereocenters. The first-order valence-corrected chi connectivity index (χ1v) is 7.42. The second-order valence-corrected chi connectivity index (χ2v) is 5.13. The molecule has 2 aromatic rings. The molecule has 0 aliphatic heterocycles. The van der Waals surface area contributed by atoms with Crippen LogP contribution >= 0.6 is 0 Å². The Balaban J connectivity index is 2.05. The van der Waals surface area contributed by atoms with Gasteiger partial charge in [0.15, 0.2) is 0 Å². The van der Waals surface area contributed by atoms with E-state index >= 15 is 0 Å². The molecule has 0 heterocycles. The number of anilines is 1. The van der Waals surface area contributed by atoms with E-state index in [2.05, 4.69) is 5.32 Å². The molecule has 2 rings (SSSR count). The summed E-state index contributed by atoms with van der Waals surface area (Å²) < 4.78 is 5.53. The second kappa shape index (κ2) is 7.61. The number of aliphatic hydroxyl groups excluding tert-OH is 1. The number of hydrogen-bond acceptors (Lipinski definition) is 3. The van der Waals surface area contributed by atoms with Crippen LogP contribution in [0.5, 0.6) is 5.75 Å². The Bertz CT molecular complexity index is 620. The first-order valence-electron chi connectivity index (χ1n) is 7.42. The van der Waals surface area contributed by atoms with Gasteiger partial charge < -0.3 is 15.2 Å². The molecule has 2 N–H and O–H groups in total. The maximum absolute atomic E-state index is 12.2. The lowest BCUT2D eigenvalue weighted by Gasteiger charge is -2.09. The normalized spacial score (nSPS) is 11.8. The van der Waals surface area contributed by atoms with Crippen molar-refractivity contribution in [2.45, 2.75) is 26.4 Å². The summed E-state index contributed by atoms with van der Waals surface area (Å²) in [4.78, 5) is 12.2. The Labute approximate surface area is 130 Å². The monoisotopic (exact) mass is 299 g/mol. The van der Waals surface area contributed by atoms with Gasteiger partial charge in [-0.2, -0.15) is 0 Å². The Kier molecular flexibility index (Phi) is 5.55. The van der Waals surface area contributed by atoms with Crippen LogP contribution in [0.15, 0.2) is 48.5 Å². The van der Waals surface area contributed by atoms with Gasteiger partial charge in [0.1, 0.15) is 5.75 Å². The number of nitrogens with one attached hydrogen (secondary N) is 1. The molecule has 1 atom stereocenters. The van der Waals surface area contributed by atoms with Crippen molar-refractivity contribution in [1.29, 1.82) is 0 Å². The molecule has 0 radical (unpaired) electrons. The van der Waals surface area contributed by atoms with Crippen molar-refractivity contribution in [1.82, 2.24) is 0 Å². The number of carbonyl (C=O) groups excluding carboxylic acids is 1. The highest BCUT2D eigenvalue weighted by Gasteiger charge is 2.08. The van der Waals surface area contributed by atoms with Gasteiger partial charge in [-0.15, -0.1) is 0 Å². The van der Waals surface area contributed by atoms with E-state index in [0.717, 1.165) is 12.0 Å². The van der Waals surface area contributed by atoms with Gasteiger partial charge in [-0.25, -0.2) is 0 Å². The number of carbonyl (C=O) groups is 1. The summed E-state index contributed by atoms with van der Waals surface area (Å²) in [6, 6.07) is 14.3. The number of amides is 1. The van der Waals surface area contributed by atoms with Crippen molar-refractivity contribution >= 4 is 11.6 Å². The Morgan fingerprint density at radius 3 is 2.59 bits per heavy atom. The molecular formula is C18H21NO3. The molecule has 0 aliphatic rings. The summed E-state index contributed by atoms with van der Waals surface area (Å²) in [6.07, 6.45) is 0.406. The Morgan fingerprint density at radius 1 is 1.23 bits per heavy atom. The van der Waals surface area contributed by atoms with Gasteiger partial charge in [-0.05, 0) is 49.2 Å². The molecule has 0 aliphatic carbocycles. The molecule has 0 saturated carbocycles. The third-order valence-corrected chi connectivity index (χ3v) is 3.22. The molecule has 4 nitrogen and oxygen atoms in total. The summed E-state index contributed by atoms with van der Waals surface area (Å²) in [5, 5.41) is 12.3. The molecule has 0 bridgehead atoms. The van der Waals surface area contributed by atoms with Gasteiger partial charge >= 0.3 is 0 Å². The standard InChI is InChI=1S/C18H21NO3/c1-3-11-22-17-6-4-5-15(12-17)18(21)19-16-9-7-14(8-10-16)13(2)20/h4-10,12-13,20H,3,11H2,1-2H3,(H,19,21)/t13-/m0/s1. The van der Waals surface area contributed by atoms with Crippen LogP contribution in [-0.2, 0) is 0 Å². The third-order valence-electron chi connectivity index (χ3n) is 3.22. The van der Waals surface area contributed by atoms with Gasteiger partial charge in [0, 0.05) is 11.3 Å². The highest BCUT2D eigenvalue weighted by atomic mass is 16.5. The zero-order chi connectivity index (χ0) is 15.9. The summed E-state index contributed by atoms with van der Waals surface area (Å²) in [5.41, 5.74) is 2.05. The van der Waals surface area contributed by atoms with E-state index in [-0.39, 0.29) is 5.91 Å². The lowest BCUT2D eigenvalue weighted by atomic mass is 10.1. The summed E-state index contributed by atoms with van der Waals surface area (Å²) in [7, 11) is 0. The molecular weight excluding hydrogens is 278 g/mol. The van der Waals surface area contributed by atoms with Crippen molar-refractivity contribution in [3.8, 4) is 5.75 Å². The van der Waals surface area contributed by atoms with Crippen LogP contribution < -0.4 is 10.1 Å². The highest BCUT2D eigenvalue weighted by molar-refractivity contribution is 6.04. The molecule has 0 aromatic heterocycles. The molecule has 2 aromatic carbocycles. The maximum atomic E-state index is 12.2. The van der Waals surface area contributed by atoms with Crippen molar-refractivity contribution in [3.05, 3.63) is 59.7 Å². The van der Waals surface area contributed by atoms with E-state index in [4.69, 9.17) is 4.74 Å². The fraction of sp³-hybridized carbons (Fsp3) is 0.278. The summed E-state index contributed by atoms with van der Waals surface area (Å²) in [6.45, 7) is 4.37. The molecule has 4 heteroatoms. The van der Waals surface area contributed by atoms with E-state index in [9.17, 15) is 9.90 Å². The van der Waals surface area contributed by atoms with Gasteiger partial charge in [0.05, 0.1) is 12.7 Å². The maximum Gasteiger partial charge on any atom is 0.255 e. The average molecular weight is 299 g/mol. The average Bonchev–Trinajstić information content (AvgIpc) is 2.53. The van der Waals surface area contributed by atoms with Crippen molar-refractivity contribution < 1.29 is 14.6 Å². The minimum Gasteiger partial charge on any atom is -0.494 e. The number of ether oxygens (including phenoxy) is 1. The topological polar surface area (TPSA) is 58.6 Å². The van der Waals surface area contributed by atoms with E-state index in [0.29, 0.717) is 23.6 Å². The van der Waals surface area contributed by atoms with Crippen molar-refractivity contribution in [3.63, 3.8) is 0 Å². The van der Waals surface area contributed by atoms with Crippen LogP contribution in [0.4, 0.5) is 5.69 Å². The molecule has 116 valence electrons. The Hall–Kier alpha value is -2.33. The molecule has 0 saturated heterocycles. The molecule has 0 fully saturated rings. The van der Waals surface area contributed by atoms with E-state index in [1.165, 1.54) is 0 Å². The van der Waals surface area contributed by atoms with Crippen LogP contribution in [0.2, 0.25) is 0 Å². The molecule has 0 spiro atoms. The minimum absolute atomic E-state index is 0.188. The van der Waals surface area contributed by atoms with Gasteiger partial charge in [0.2, 0.25) is 0 Å². The predicted octanol–water partition coefficient (Wildman–Crippen LogP) is 3.78. The first kappa shape index (κ1) is 16.0. The SMILES string of the molecule is CCCOc1cccc(C(=O)Nc2ccc([C@H](C)O)cc2)c1. The van der Waals surface area contributed by atoms with Crippen LogP contribution in [-0.4, -0.2) is 17.6 Å². The summed E-state index contributed by atoms with van der Waals surface area (Å²) >= 11 is 0. The van der Waals surface area contributed by atoms with E-state index in [1.54, 1.807) is 49.4 Å². The largest absolute Gasteiger partial charge is 0.494 e. The predicted molar refractivity (Wildman–Crippen MR) is 87.3 cm³/mol. The van der Waals surface area contributed by atoms with Gasteiger partial charge in [-0.3, -0.25) is 4.79 Å². The first-order chi connectivity index (χ1) is 10.6. The number of benzene rings is 2. The number of rotatable bonds is 6. The highest BCUT2D eigenvalue weighted by Crippen LogP contribution is 2.18. The lowest BCUT2D eigenvalue weighted by Crippen LogP contribution is -2.12. The quantitative estimate of drug-likeness (QED) is 0.853. The zero-order valence-corrected chi connectivity index (χ0v) is 12.9. The van der Waals surface area contributed by atoms with Crippen molar-refractivity contribution in [2.75, 3.05) is 11.9 Å². The number of hydrogen-bond donors (Lipinski definition) is 2. The minimum atomic E-state index is -0.517. The van der Waals surface area contributed by atoms with Crippen LogP contribution in [0.1, 0.15) is 42.3 Å². The van der Waals surface area contributed by atoms with Crippen molar-refractivity contribution in [2.24, 2.45) is 0 Å². The molecule has 1 amide bonds. The fourth-order valence-electron chi connectivity index (χ4n) is 2.00. The molecule has 22 heavy (non-hydrogen) atoms. The Morgan fingerprint density at radius 2 is 1.95 bits per heavy atom. The fourth-order valence-corrected chi connectivity index (χ4v) is 2.00. The van der Waals surface area contributed by atoms with Gasteiger partial charge in [-0.1, -0.05) is 25.1 Å². The zero-order valence-electron chi connectivity index (χ0n) is 12.9. The second-order valence-electron chi connectivity index (χ2n) is 5.13. The van der Waals surface area contributed by atoms with Crippen LogP contribution in [0.3, 0.4) is 0 Å².